The molecule has 1 aromatic heterocycles. The fraction of sp³-hybridized carbons (Fsp3) is 0.217. The zero-order chi connectivity index (χ0) is 19.5. The van der Waals surface area contributed by atoms with Crippen molar-refractivity contribution in [3.8, 4) is 5.75 Å². The third-order valence-electron chi connectivity index (χ3n) is 5.09. The molecule has 5 nitrogen and oxygen atoms in total. The summed E-state index contributed by atoms with van der Waals surface area (Å²) in [6.07, 6.45) is 2.67. The highest BCUT2D eigenvalue weighted by atomic mass is 16.5. The molecule has 0 fully saturated rings. The molecule has 0 spiro atoms. The maximum absolute atomic E-state index is 12.7. The Morgan fingerprint density at radius 2 is 1.96 bits per heavy atom. The van der Waals surface area contributed by atoms with Crippen molar-refractivity contribution >= 4 is 17.4 Å². The van der Waals surface area contributed by atoms with Gasteiger partial charge in [-0.2, -0.15) is 0 Å². The van der Waals surface area contributed by atoms with Crippen LogP contribution in [0.4, 0.5) is 11.5 Å². The molecule has 0 radical (unpaired) electrons. The van der Waals surface area contributed by atoms with Gasteiger partial charge in [0, 0.05) is 35.6 Å². The van der Waals surface area contributed by atoms with Crippen LogP contribution in [0, 0.1) is 0 Å². The third-order valence-corrected chi connectivity index (χ3v) is 5.09. The van der Waals surface area contributed by atoms with Gasteiger partial charge in [0.05, 0.1) is 7.11 Å². The molecule has 0 bridgehead atoms. The first-order valence-corrected chi connectivity index (χ1v) is 9.40. The van der Waals surface area contributed by atoms with E-state index < -0.39 is 0 Å². The van der Waals surface area contributed by atoms with E-state index in [0.29, 0.717) is 18.2 Å². The quantitative estimate of drug-likeness (QED) is 0.731. The number of anilines is 2. The summed E-state index contributed by atoms with van der Waals surface area (Å²) >= 11 is 0. The van der Waals surface area contributed by atoms with Crippen LogP contribution in [0.2, 0.25) is 0 Å². The van der Waals surface area contributed by atoms with E-state index in [0.717, 1.165) is 29.2 Å². The number of hydrogen-bond donors (Lipinski definition) is 1. The number of carbonyl (C=O) groups excluding carboxylic acids is 1. The number of fused-ring (bicyclic) bond motifs is 1. The lowest BCUT2D eigenvalue weighted by molar-refractivity contribution is 0.0950. The van der Waals surface area contributed by atoms with Gasteiger partial charge in [-0.05, 0) is 43.2 Å². The summed E-state index contributed by atoms with van der Waals surface area (Å²) in [6, 6.07) is 19.9. The average molecular weight is 373 g/mol. The van der Waals surface area contributed by atoms with E-state index in [1.807, 2.05) is 36.4 Å². The number of carbonyl (C=O) groups is 1. The minimum atomic E-state index is -0.130. The second-order valence-corrected chi connectivity index (χ2v) is 6.95. The molecule has 1 atom stereocenters. The second-order valence-electron chi connectivity index (χ2n) is 6.95. The number of methoxy groups -OCH3 is 1. The number of aromatic nitrogens is 1. The van der Waals surface area contributed by atoms with Crippen LogP contribution < -0.4 is 15.0 Å². The standard InChI is InChI=1S/C23H23N3O2/c1-16-13-17-7-3-5-9-20(17)26(16)22-14-18(11-12-24-22)23(27)25-15-19-8-4-6-10-21(19)28-2/h3-12,14,16H,13,15H2,1-2H3,(H,25,27). The van der Waals surface area contributed by atoms with Gasteiger partial charge in [0.15, 0.2) is 0 Å². The molecule has 2 aromatic carbocycles. The number of ether oxygens (including phenoxy) is 1. The number of benzene rings is 2. The first-order chi connectivity index (χ1) is 13.7. The highest BCUT2D eigenvalue weighted by molar-refractivity contribution is 5.95. The smallest absolute Gasteiger partial charge is 0.251 e. The molecule has 0 saturated carbocycles. The largest absolute Gasteiger partial charge is 0.496 e. The molecule has 5 heteroatoms. The van der Waals surface area contributed by atoms with Crippen molar-refractivity contribution < 1.29 is 9.53 Å². The predicted molar refractivity (Wildman–Crippen MR) is 110 cm³/mol. The SMILES string of the molecule is COc1ccccc1CNC(=O)c1ccnc(N2c3ccccc3CC2C)c1. The topological polar surface area (TPSA) is 54.5 Å². The van der Waals surface area contributed by atoms with Crippen molar-refractivity contribution in [2.45, 2.75) is 25.9 Å². The molecule has 1 aliphatic rings. The van der Waals surface area contributed by atoms with Crippen LogP contribution in [-0.2, 0) is 13.0 Å². The number of amides is 1. The van der Waals surface area contributed by atoms with Gasteiger partial charge < -0.3 is 15.0 Å². The molecule has 1 amide bonds. The molecule has 0 saturated heterocycles. The molecule has 0 aliphatic carbocycles. The average Bonchev–Trinajstić information content (AvgIpc) is 3.08. The molecule has 2 heterocycles. The Hall–Kier alpha value is -3.34. The van der Waals surface area contributed by atoms with Crippen molar-refractivity contribution in [2.75, 3.05) is 12.0 Å². The maximum atomic E-state index is 12.7. The Morgan fingerprint density at radius 1 is 1.18 bits per heavy atom. The summed E-state index contributed by atoms with van der Waals surface area (Å²) in [4.78, 5) is 19.4. The molecule has 1 unspecified atom stereocenters. The number of pyridine rings is 1. The second kappa shape index (κ2) is 7.72. The van der Waals surface area contributed by atoms with E-state index >= 15 is 0 Å². The van der Waals surface area contributed by atoms with E-state index in [-0.39, 0.29) is 5.91 Å². The summed E-state index contributed by atoms with van der Waals surface area (Å²) in [5.41, 5.74) is 4.00. The zero-order valence-electron chi connectivity index (χ0n) is 16.1. The Bertz CT molecular complexity index is 1000. The van der Waals surface area contributed by atoms with Crippen LogP contribution >= 0.6 is 0 Å². The number of para-hydroxylation sites is 2. The van der Waals surface area contributed by atoms with Gasteiger partial charge in [-0.25, -0.2) is 4.98 Å². The highest BCUT2D eigenvalue weighted by Gasteiger charge is 2.28. The van der Waals surface area contributed by atoms with E-state index in [4.69, 9.17) is 4.74 Å². The molecule has 28 heavy (non-hydrogen) atoms. The van der Waals surface area contributed by atoms with Crippen LogP contribution in [-0.4, -0.2) is 24.0 Å². The van der Waals surface area contributed by atoms with Crippen LogP contribution in [0.5, 0.6) is 5.75 Å². The minimum Gasteiger partial charge on any atom is -0.496 e. The Kier molecular flexibility index (Phi) is 4.98. The number of nitrogens with one attached hydrogen (secondary N) is 1. The Labute approximate surface area is 165 Å². The van der Waals surface area contributed by atoms with Crippen molar-refractivity contribution in [1.82, 2.24) is 10.3 Å². The first kappa shape index (κ1) is 18.0. The summed E-state index contributed by atoms with van der Waals surface area (Å²) in [7, 11) is 1.63. The van der Waals surface area contributed by atoms with Crippen LogP contribution in [0.3, 0.4) is 0 Å². The minimum absolute atomic E-state index is 0.130. The van der Waals surface area contributed by atoms with Crippen molar-refractivity contribution in [3.05, 3.63) is 83.6 Å². The lowest BCUT2D eigenvalue weighted by atomic mass is 10.1. The molecule has 3 aromatic rings. The van der Waals surface area contributed by atoms with Crippen LogP contribution in [0.25, 0.3) is 0 Å². The van der Waals surface area contributed by atoms with E-state index in [2.05, 4.69) is 40.3 Å². The fourth-order valence-corrected chi connectivity index (χ4v) is 3.73. The van der Waals surface area contributed by atoms with E-state index in [1.165, 1.54) is 5.56 Å². The van der Waals surface area contributed by atoms with Crippen molar-refractivity contribution in [1.29, 1.82) is 0 Å². The Morgan fingerprint density at radius 3 is 2.82 bits per heavy atom. The van der Waals surface area contributed by atoms with Gasteiger partial charge in [0.1, 0.15) is 11.6 Å². The summed E-state index contributed by atoms with van der Waals surface area (Å²) in [5.74, 6) is 1.43. The molecule has 142 valence electrons. The van der Waals surface area contributed by atoms with Crippen molar-refractivity contribution in [2.24, 2.45) is 0 Å². The third kappa shape index (κ3) is 3.43. The maximum Gasteiger partial charge on any atom is 0.251 e. The van der Waals surface area contributed by atoms with Gasteiger partial charge in [0.25, 0.3) is 5.91 Å². The van der Waals surface area contributed by atoms with Crippen molar-refractivity contribution in [3.63, 3.8) is 0 Å². The summed E-state index contributed by atoms with van der Waals surface area (Å²) in [6.45, 7) is 2.58. The van der Waals surface area contributed by atoms with E-state index in [1.54, 1.807) is 19.4 Å². The highest BCUT2D eigenvalue weighted by Crippen LogP contribution is 2.37. The summed E-state index contributed by atoms with van der Waals surface area (Å²) in [5, 5.41) is 2.97. The fourth-order valence-electron chi connectivity index (χ4n) is 3.73. The van der Waals surface area contributed by atoms with Crippen LogP contribution in [0.1, 0.15) is 28.4 Å². The van der Waals surface area contributed by atoms with Gasteiger partial charge in [-0.15, -0.1) is 0 Å². The van der Waals surface area contributed by atoms with Gasteiger partial charge in [-0.1, -0.05) is 36.4 Å². The van der Waals surface area contributed by atoms with Gasteiger partial charge in [0.2, 0.25) is 0 Å². The normalized spacial score (nSPS) is 15.2. The lowest BCUT2D eigenvalue weighted by Gasteiger charge is -2.24. The summed E-state index contributed by atoms with van der Waals surface area (Å²) < 4.78 is 5.35. The predicted octanol–water partition coefficient (Wildman–Crippen LogP) is 4.10. The Balaban J connectivity index is 1.53. The number of hydrogen-bond acceptors (Lipinski definition) is 4. The first-order valence-electron chi connectivity index (χ1n) is 9.40. The van der Waals surface area contributed by atoms with Gasteiger partial charge in [-0.3, -0.25) is 4.79 Å². The number of nitrogens with zero attached hydrogens (tertiary/aromatic N) is 2. The monoisotopic (exact) mass is 373 g/mol. The molecule has 4 rings (SSSR count). The van der Waals surface area contributed by atoms with Crippen LogP contribution in [0.15, 0.2) is 66.9 Å². The number of rotatable bonds is 5. The molecule has 1 aliphatic heterocycles. The zero-order valence-corrected chi connectivity index (χ0v) is 16.1. The molecular formula is C23H23N3O2. The lowest BCUT2D eigenvalue weighted by Crippen LogP contribution is -2.26. The molecular weight excluding hydrogens is 350 g/mol. The molecule has 1 N–H and O–H groups in total. The van der Waals surface area contributed by atoms with Gasteiger partial charge >= 0.3 is 0 Å². The van der Waals surface area contributed by atoms with E-state index in [9.17, 15) is 4.79 Å².